The Bertz CT molecular complexity index is 2720. The number of carbonyl (C=O) groups is 3. The number of nitrogens with one attached hydrogen (secondary N) is 2. The SMILES string of the molecule is Cc1ncsc1-c1ccc([C@H](CO)NC(=O)[C@@H]2CCCN2C(=O)[C@@H](NC(=O)COCCN2CCN(CCOc3ccc(Oc4c(-c5ccc(Br)cc5)sc5cc(O)ccc45)cc3)CC2)C(C)(C)C)cc1. The highest BCUT2D eigenvalue weighted by atomic mass is 79.9. The summed E-state index contributed by atoms with van der Waals surface area (Å²) in [5.74, 6) is 1.38. The molecule has 0 bridgehead atoms. The largest absolute Gasteiger partial charge is 0.508 e. The Kier molecular flexibility index (Phi) is 16.9. The summed E-state index contributed by atoms with van der Waals surface area (Å²) in [5.41, 5.74) is 4.92. The number of likely N-dealkylation sites (tertiary alicyclic amines) is 1. The third-order valence-electron chi connectivity index (χ3n) is 12.8. The second-order valence-electron chi connectivity index (χ2n) is 18.8. The summed E-state index contributed by atoms with van der Waals surface area (Å²) in [7, 11) is 0. The second kappa shape index (κ2) is 23.2. The summed E-state index contributed by atoms with van der Waals surface area (Å²) in [6.45, 7) is 13.4. The predicted molar refractivity (Wildman–Crippen MR) is 279 cm³/mol. The molecular weight excluding hydrogens is 993 g/mol. The van der Waals surface area contributed by atoms with Crippen molar-refractivity contribution >= 4 is 66.4 Å². The Morgan fingerprint density at radius 1 is 0.843 bits per heavy atom. The number of piperazine rings is 1. The maximum atomic E-state index is 14.1. The summed E-state index contributed by atoms with van der Waals surface area (Å²) in [6.07, 6.45) is 1.14. The molecule has 17 heteroatoms. The first-order chi connectivity index (χ1) is 33.7. The normalized spacial score (nSPS) is 16.5. The van der Waals surface area contributed by atoms with Crippen molar-refractivity contribution in [1.82, 2.24) is 30.3 Å². The van der Waals surface area contributed by atoms with Crippen LogP contribution in [0.5, 0.6) is 23.0 Å². The molecule has 370 valence electrons. The minimum absolute atomic E-state index is 0.183. The number of phenolic OH excluding ortho intramolecular Hbond substituents is 1. The van der Waals surface area contributed by atoms with Gasteiger partial charge >= 0.3 is 0 Å². The molecule has 0 saturated carbocycles. The van der Waals surface area contributed by atoms with Gasteiger partial charge in [0.15, 0.2) is 5.75 Å². The Balaban J connectivity index is 0.738. The van der Waals surface area contributed by atoms with Crippen molar-refractivity contribution in [1.29, 1.82) is 0 Å². The lowest BCUT2D eigenvalue weighted by molar-refractivity contribution is -0.144. The minimum atomic E-state index is -0.870. The maximum Gasteiger partial charge on any atom is 0.246 e. The number of benzene rings is 4. The van der Waals surface area contributed by atoms with Gasteiger partial charge in [-0.05, 0) is 96.5 Å². The average Bonchev–Trinajstić information content (AvgIpc) is 4.11. The van der Waals surface area contributed by atoms with E-state index >= 15 is 0 Å². The van der Waals surface area contributed by atoms with Crippen molar-refractivity contribution < 1.29 is 38.8 Å². The number of amides is 3. The number of aromatic hydroxyl groups is 1. The van der Waals surface area contributed by atoms with Gasteiger partial charge < -0.3 is 40.0 Å². The number of ether oxygens (including phenoxy) is 3. The van der Waals surface area contributed by atoms with Crippen molar-refractivity contribution in [2.75, 3.05) is 72.2 Å². The topological polar surface area (TPSA) is 166 Å². The number of rotatable bonds is 19. The molecule has 0 radical (unpaired) electrons. The highest BCUT2D eigenvalue weighted by molar-refractivity contribution is 9.10. The van der Waals surface area contributed by atoms with E-state index in [2.05, 4.69) is 41.3 Å². The second-order valence-corrected chi connectivity index (χ2v) is 21.6. The van der Waals surface area contributed by atoms with Crippen molar-refractivity contribution in [2.45, 2.75) is 58.7 Å². The number of thiophene rings is 1. The van der Waals surface area contributed by atoms with Gasteiger partial charge in [-0.25, -0.2) is 4.98 Å². The van der Waals surface area contributed by atoms with Crippen LogP contribution in [-0.2, 0) is 19.1 Å². The fourth-order valence-electron chi connectivity index (χ4n) is 8.83. The lowest BCUT2D eigenvalue weighted by atomic mass is 9.85. The molecule has 6 aromatic rings. The van der Waals surface area contributed by atoms with Gasteiger partial charge in [-0.15, -0.1) is 22.7 Å². The fourth-order valence-corrected chi connectivity index (χ4v) is 11.1. The number of thiazole rings is 1. The molecule has 2 aliphatic heterocycles. The molecular formula is C53H61BrN6O8S2. The van der Waals surface area contributed by atoms with Gasteiger partial charge in [-0.2, -0.15) is 0 Å². The molecule has 3 atom stereocenters. The number of fused-ring (bicyclic) bond motifs is 1. The molecule has 2 saturated heterocycles. The monoisotopic (exact) mass is 1050 g/mol. The molecule has 4 heterocycles. The highest BCUT2D eigenvalue weighted by Crippen LogP contribution is 2.47. The number of hydrogen-bond donors (Lipinski definition) is 4. The summed E-state index contributed by atoms with van der Waals surface area (Å²) in [6, 6.07) is 26.6. The number of aliphatic hydroxyl groups excluding tert-OH is 1. The van der Waals surface area contributed by atoms with E-state index < -0.39 is 23.5 Å². The quantitative estimate of drug-likeness (QED) is 0.0574. The summed E-state index contributed by atoms with van der Waals surface area (Å²) in [5, 5.41) is 27.2. The molecule has 70 heavy (non-hydrogen) atoms. The number of hydrogen-bond acceptors (Lipinski definition) is 13. The van der Waals surface area contributed by atoms with E-state index in [0.717, 1.165) is 90.9 Å². The van der Waals surface area contributed by atoms with Crippen molar-refractivity contribution in [2.24, 2.45) is 5.41 Å². The van der Waals surface area contributed by atoms with E-state index in [1.54, 1.807) is 45.2 Å². The van der Waals surface area contributed by atoms with E-state index in [1.807, 2.05) is 107 Å². The summed E-state index contributed by atoms with van der Waals surface area (Å²) < 4.78 is 20.4. The van der Waals surface area contributed by atoms with E-state index in [9.17, 15) is 24.6 Å². The molecule has 2 aliphatic rings. The molecule has 2 fully saturated rings. The van der Waals surface area contributed by atoms with E-state index in [4.69, 9.17) is 14.2 Å². The van der Waals surface area contributed by atoms with Crippen LogP contribution in [0.4, 0.5) is 0 Å². The Morgan fingerprint density at radius 3 is 2.16 bits per heavy atom. The van der Waals surface area contributed by atoms with Crippen LogP contribution in [0.25, 0.3) is 31.0 Å². The first-order valence-corrected chi connectivity index (χ1v) is 26.2. The molecule has 0 aliphatic carbocycles. The lowest BCUT2D eigenvalue weighted by Gasteiger charge is -2.36. The van der Waals surface area contributed by atoms with E-state index in [1.165, 1.54) is 0 Å². The molecule has 0 unspecified atom stereocenters. The minimum Gasteiger partial charge on any atom is -0.508 e. The predicted octanol–water partition coefficient (Wildman–Crippen LogP) is 8.65. The number of phenols is 1. The van der Waals surface area contributed by atoms with Gasteiger partial charge in [-0.1, -0.05) is 73.1 Å². The number of aryl methyl sites for hydroxylation is 1. The van der Waals surface area contributed by atoms with Crippen molar-refractivity contribution in [3.8, 4) is 43.9 Å². The molecule has 14 nitrogen and oxygen atoms in total. The standard InChI is InChI=1S/C53H61BrN6O8S2/c1-34-48(69-33-55-34)36-9-7-35(8-10-36)43(31-61)56-51(64)44-6-5-21-60(44)52(65)50(53(2,3)4)57-46(63)32-66-28-26-58-22-24-59(25-23-58)27-29-67-40-16-18-41(19-17-40)68-47-42-20-15-39(62)30-45(42)70-49(47)37-11-13-38(54)14-12-37/h7-20,30,33,43-44,50,61-62H,5-6,21-29,31-32H2,1-4H3,(H,56,64)(H,57,63)/t43-,44-,50+/m0/s1. The molecule has 2 aromatic heterocycles. The van der Waals surface area contributed by atoms with Crippen LogP contribution in [0.3, 0.4) is 0 Å². The third kappa shape index (κ3) is 12.7. The van der Waals surface area contributed by atoms with Gasteiger partial charge in [-0.3, -0.25) is 24.2 Å². The van der Waals surface area contributed by atoms with Crippen LogP contribution in [0.1, 0.15) is 50.9 Å². The molecule has 3 amide bonds. The first kappa shape index (κ1) is 51.0. The lowest BCUT2D eigenvalue weighted by Crippen LogP contribution is -2.58. The Hall–Kier alpha value is -5.40. The number of carbonyl (C=O) groups excluding carboxylic acids is 3. The van der Waals surface area contributed by atoms with Crippen LogP contribution < -0.4 is 20.1 Å². The van der Waals surface area contributed by atoms with Crippen molar-refractivity contribution in [3.05, 3.63) is 112 Å². The first-order valence-electron chi connectivity index (χ1n) is 23.7. The molecule has 4 aromatic carbocycles. The Morgan fingerprint density at radius 2 is 1.50 bits per heavy atom. The van der Waals surface area contributed by atoms with Crippen LogP contribution >= 0.6 is 38.6 Å². The molecule has 8 rings (SSSR count). The van der Waals surface area contributed by atoms with Gasteiger partial charge in [0.1, 0.15) is 42.5 Å². The third-order valence-corrected chi connectivity index (χ3v) is 15.5. The zero-order valence-electron chi connectivity index (χ0n) is 40.0. The fraction of sp³-hybridized carbons (Fsp3) is 0.396. The number of aromatic nitrogens is 1. The van der Waals surface area contributed by atoms with Crippen LogP contribution in [0.2, 0.25) is 0 Å². The van der Waals surface area contributed by atoms with Crippen LogP contribution in [0.15, 0.2) is 101 Å². The van der Waals surface area contributed by atoms with Gasteiger partial charge in [0.25, 0.3) is 0 Å². The highest BCUT2D eigenvalue weighted by Gasteiger charge is 2.42. The summed E-state index contributed by atoms with van der Waals surface area (Å²) >= 11 is 6.66. The Labute approximate surface area is 425 Å². The zero-order valence-corrected chi connectivity index (χ0v) is 43.2. The van der Waals surface area contributed by atoms with Crippen LogP contribution in [-0.4, -0.2) is 132 Å². The smallest absolute Gasteiger partial charge is 0.246 e. The number of nitrogens with zero attached hydrogens (tertiary/aromatic N) is 4. The zero-order chi connectivity index (χ0) is 49.4. The van der Waals surface area contributed by atoms with E-state index in [0.29, 0.717) is 44.9 Å². The number of halogens is 1. The summed E-state index contributed by atoms with van der Waals surface area (Å²) in [4.78, 5) is 53.7. The van der Waals surface area contributed by atoms with Gasteiger partial charge in [0.05, 0.1) is 40.2 Å². The average molecular weight is 1050 g/mol. The molecule has 4 N–H and O–H groups in total. The van der Waals surface area contributed by atoms with Crippen molar-refractivity contribution in [3.63, 3.8) is 0 Å². The number of aliphatic hydroxyl groups is 1. The van der Waals surface area contributed by atoms with Gasteiger partial charge in [0.2, 0.25) is 17.7 Å². The van der Waals surface area contributed by atoms with E-state index in [-0.39, 0.29) is 36.7 Å². The molecule has 0 spiro atoms. The van der Waals surface area contributed by atoms with Crippen LogP contribution in [0, 0.1) is 12.3 Å². The maximum absolute atomic E-state index is 14.1. The van der Waals surface area contributed by atoms with Gasteiger partial charge in [0, 0.05) is 60.4 Å².